The summed E-state index contributed by atoms with van der Waals surface area (Å²) in [5, 5.41) is 6.62. The molecule has 1 aliphatic heterocycles. The number of nitrogens with zero attached hydrogens (tertiary/aromatic N) is 1. The predicted octanol–water partition coefficient (Wildman–Crippen LogP) is 7.11. The number of halogens is 1. The van der Waals surface area contributed by atoms with Gasteiger partial charge >= 0.3 is 0 Å². The summed E-state index contributed by atoms with van der Waals surface area (Å²) < 4.78 is 13.9. The lowest BCUT2D eigenvalue weighted by Gasteiger charge is -2.27. The van der Waals surface area contributed by atoms with Crippen LogP contribution in [0.2, 0.25) is 0 Å². The summed E-state index contributed by atoms with van der Waals surface area (Å²) in [6.07, 6.45) is -0.442. The van der Waals surface area contributed by atoms with E-state index >= 15 is 0 Å². The zero-order valence-corrected chi connectivity index (χ0v) is 22.2. The fourth-order valence-corrected chi connectivity index (χ4v) is 5.26. The van der Waals surface area contributed by atoms with Crippen LogP contribution < -0.4 is 10.6 Å². The van der Waals surface area contributed by atoms with E-state index in [0.29, 0.717) is 16.7 Å². The minimum Gasteiger partial charge on any atom is -0.361 e. The smallest absolute Gasteiger partial charge is 0.256 e. The van der Waals surface area contributed by atoms with Gasteiger partial charge in [0.2, 0.25) is 0 Å². The number of carbonyl (C=O) groups is 2. The van der Waals surface area contributed by atoms with Crippen molar-refractivity contribution in [2.75, 3.05) is 5.32 Å². The lowest BCUT2D eigenvalue weighted by atomic mass is 9.98. The molecule has 0 bridgehead atoms. The number of nitrogens with one attached hydrogen (secondary N) is 2. The van der Waals surface area contributed by atoms with E-state index in [-0.39, 0.29) is 30.2 Å². The highest BCUT2D eigenvalue weighted by atomic mass is 19.1. The molecule has 2 amide bonds. The second-order valence-corrected chi connectivity index (χ2v) is 10.0. The Hall–Kier alpha value is -5.23. The van der Waals surface area contributed by atoms with Crippen LogP contribution in [0, 0.1) is 5.82 Å². The molecule has 202 valence electrons. The molecule has 6 heteroatoms. The third-order valence-electron chi connectivity index (χ3n) is 7.29. The van der Waals surface area contributed by atoms with Gasteiger partial charge in [-0.3, -0.25) is 9.59 Å². The number of anilines is 1. The largest absolute Gasteiger partial charge is 0.361 e. The quantitative estimate of drug-likeness (QED) is 0.220. The molecule has 0 aromatic heterocycles. The number of carbonyl (C=O) groups excluding carboxylic acids is 2. The molecule has 1 unspecified atom stereocenters. The molecule has 41 heavy (non-hydrogen) atoms. The second kappa shape index (κ2) is 11.5. The highest BCUT2D eigenvalue weighted by Crippen LogP contribution is 2.35. The highest BCUT2D eigenvalue weighted by Gasteiger charge is 2.36. The summed E-state index contributed by atoms with van der Waals surface area (Å²) in [5.41, 5.74) is 5.43. The lowest BCUT2D eigenvalue weighted by molar-refractivity contribution is 0.0728. The summed E-state index contributed by atoms with van der Waals surface area (Å²) in [7, 11) is 0. The minimum absolute atomic E-state index is 0.119. The van der Waals surface area contributed by atoms with Gasteiger partial charge in [-0.1, -0.05) is 91.0 Å². The third-order valence-corrected chi connectivity index (χ3v) is 7.29. The Morgan fingerprint density at radius 2 is 1.39 bits per heavy atom. The molecule has 0 fully saturated rings. The summed E-state index contributed by atoms with van der Waals surface area (Å²) >= 11 is 0. The number of fused-ring (bicyclic) bond motifs is 1. The highest BCUT2D eigenvalue weighted by molar-refractivity contribution is 5.99. The normalized spacial score (nSPS) is 14.1. The van der Waals surface area contributed by atoms with Crippen molar-refractivity contribution in [3.05, 3.63) is 173 Å². The SMILES string of the molecule is O=C(NC(c1ccccc1)c1ccccc1)c1ccc(NC2c3ccccc3C(=O)N2Cc2cccc(F)c2)cc1. The van der Waals surface area contributed by atoms with Gasteiger partial charge in [-0.05, 0) is 59.2 Å². The van der Waals surface area contributed by atoms with Crippen molar-refractivity contribution in [1.29, 1.82) is 0 Å². The van der Waals surface area contributed by atoms with Crippen LogP contribution in [0.3, 0.4) is 0 Å². The first-order valence-corrected chi connectivity index (χ1v) is 13.5. The van der Waals surface area contributed by atoms with Crippen molar-refractivity contribution in [2.24, 2.45) is 0 Å². The van der Waals surface area contributed by atoms with Crippen LogP contribution in [0.1, 0.15) is 55.2 Å². The second-order valence-electron chi connectivity index (χ2n) is 10.0. The first-order chi connectivity index (χ1) is 20.1. The summed E-state index contributed by atoms with van der Waals surface area (Å²) in [6, 6.07) is 40.4. The van der Waals surface area contributed by atoms with E-state index in [1.807, 2.05) is 97.1 Å². The summed E-state index contributed by atoms with van der Waals surface area (Å²) in [4.78, 5) is 28.3. The van der Waals surface area contributed by atoms with E-state index < -0.39 is 6.17 Å². The Labute approximate surface area is 238 Å². The maximum absolute atomic E-state index is 13.9. The number of benzene rings is 5. The lowest BCUT2D eigenvalue weighted by Crippen LogP contribution is -2.32. The first-order valence-electron chi connectivity index (χ1n) is 13.5. The molecule has 1 heterocycles. The topological polar surface area (TPSA) is 61.4 Å². The maximum Gasteiger partial charge on any atom is 0.256 e. The maximum atomic E-state index is 13.9. The standard InChI is InChI=1S/C35H28FN3O2/c36-28-15-9-10-24(22-28)23-39-33(30-16-7-8-17-31(30)35(39)41)37-29-20-18-27(19-21-29)34(40)38-32(25-11-3-1-4-12-25)26-13-5-2-6-14-26/h1-22,32-33,37H,23H2,(H,38,40). The molecule has 0 aliphatic carbocycles. The molecule has 5 nitrogen and oxygen atoms in total. The van der Waals surface area contributed by atoms with Gasteiger partial charge in [0.15, 0.2) is 0 Å². The first kappa shape index (κ1) is 26.0. The Kier molecular flexibility index (Phi) is 7.28. The van der Waals surface area contributed by atoms with Crippen molar-refractivity contribution in [1.82, 2.24) is 10.2 Å². The van der Waals surface area contributed by atoms with Crippen LogP contribution >= 0.6 is 0 Å². The van der Waals surface area contributed by atoms with Crippen LogP contribution in [-0.4, -0.2) is 16.7 Å². The number of hydrogen-bond donors (Lipinski definition) is 2. The zero-order valence-electron chi connectivity index (χ0n) is 22.2. The Morgan fingerprint density at radius 3 is 2.05 bits per heavy atom. The molecule has 2 N–H and O–H groups in total. The molecule has 1 atom stereocenters. The van der Waals surface area contributed by atoms with Gasteiger partial charge in [0.05, 0.1) is 6.04 Å². The number of amides is 2. The third kappa shape index (κ3) is 5.58. The van der Waals surface area contributed by atoms with E-state index in [1.54, 1.807) is 29.2 Å². The van der Waals surface area contributed by atoms with Gasteiger partial charge in [-0.25, -0.2) is 4.39 Å². The molecular weight excluding hydrogens is 513 g/mol. The van der Waals surface area contributed by atoms with Crippen molar-refractivity contribution in [3.63, 3.8) is 0 Å². The molecule has 6 rings (SSSR count). The fraction of sp³-hybridized carbons (Fsp3) is 0.0857. The van der Waals surface area contributed by atoms with Crippen molar-refractivity contribution >= 4 is 17.5 Å². The monoisotopic (exact) mass is 541 g/mol. The van der Waals surface area contributed by atoms with E-state index in [4.69, 9.17) is 0 Å². The van der Waals surface area contributed by atoms with Crippen LogP contribution in [-0.2, 0) is 6.54 Å². The van der Waals surface area contributed by atoms with Crippen molar-refractivity contribution in [3.8, 4) is 0 Å². The molecule has 5 aromatic carbocycles. The number of rotatable bonds is 8. The van der Waals surface area contributed by atoms with Gasteiger partial charge in [-0.2, -0.15) is 0 Å². The Balaban J connectivity index is 1.22. The van der Waals surface area contributed by atoms with E-state index in [0.717, 1.165) is 22.4 Å². The van der Waals surface area contributed by atoms with E-state index in [2.05, 4.69) is 10.6 Å². The average molecular weight is 542 g/mol. The molecule has 1 aliphatic rings. The zero-order chi connectivity index (χ0) is 28.2. The van der Waals surface area contributed by atoms with Gasteiger partial charge in [-0.15, -0.1) is 0 Å². The summed E-state index contributed by atoms with van der Waals surface area (Å²) in [5.74, 6) is -0.651. The Bertz CT molecular complexity index is 1630. The average Bonchev–Trinajstić information content (AvgIpc) is 3.27. The predicted molar refractivity (Wildman–Crippen MR) is 158 cm³/mol. The van der Waals surface area contributed by atoms with Crippen molar-refractivity contribution in [2.45, 2.75) is 18.8 Å². The fourth-order valence-electron chi connectivity index (χ4n) is 5.26. The van der Waals surface area contributed by atoms with E-state index in [9.17, 15) is 14.0 Å². The van der Waals surface area contributed by atoms with Crippen LogP contribution in [0.15, 0.2) is 133 Å². The van der Waals surface area contributed by atoms with E-state index in [1.165, 1.54) is 12.1 Å². The van der Waals surface area contributed by atoms with Gasteiger partial charge < -0.3 is 15.5 Å². The van der Waals surface area contributed by atoms with Crippen LogP contribution in [0.25, 0.3) is 0 Å². The van der Waals surface area contributed by atoms with Crippen LogP contribution in [0.5, 0.6) is 0 Å². The molecule has 5 aromatic rings. The van der Waals surface area contributed by atoms with Gasteiger partial charge in [0.25, 0.3) is 11.8 Å². The molecule has 0 radical (unpaired) electrons. The Morgan fingerprint density at radius 1 is 0.756 bits per heavy atom. The molecule has 0 saturated carbocycles. The molecule has 0 saturated heterocycles. The summed E-state index contributed by atoms with van der Waals surface area (Å²) in [6.45, 7) is 0.254. The van der Waals surface area contributed by atoms with Gasteiger partial charge in [0, 0.05) is 28.9 Å². The van der Waals surface area contributed by atoms with Crippen LogP contribution in [0.4, 0.5) is 10.1 Å². The number of hydrogen-bond acceptors (Lipinski definition) is 3. The van der Waals surface area contributed by atoms with Gasteiger partial charge in [0.1, 0.15) is 12.0 Å². The molecular formula is C35H28FN3O2. The molecule has 0 spiro atoms. The van der Waals surface area contributed by atoms with Crippen molar-refractivity contribution < 1.29 is 14.0 Å². The minimum atomic E-state index is -0.442.